The Hall–Kier alpha value is -2.73. The number of aliphatic hydroxyl groups is 1. The van der Waals surface area contributed by atoms with Crippen LogP contribution in [0.3, 0.4) is 0 Å². The number of carbonyl (C=O) groups excluding carboxylic acids is 1. The van der Waals surface area contributed by atoms with E-state index in [9.17, 15) is 14.9 Å². The molecule has 6 heteroatoms. The van der Waals surface area contributed by atoms with E-state index in [0.717, 1.165) is 6.07 Å². The maximum absolute atomic E-state index is 11.9. The first kappa shape index (κ1) is 13.7. The number of hydrogen-bond donors (Lipinski definition) is 1. The van der Waals surface area contributed by atoms with Crippen LogP contribution in [0.1, 0.15) is 15.9 Å². The molecule has 0 aliphatic heterocycles. The smallest absolute Gasteiger partial charge is 0.343 e. The highest BCUT2D eigenvalue weighted by Gasteiger charge is 2.18. The van der Waals surface area contributed by atoms with Gasteiger partial charge in [-0.3, -0.25) is 10.1 Å². The van der Waals surface area contributed by atoms with Gasteiger partial charge in [-0.25, -0.2) is 4.79 Å². The molecule has 0 aliphatic rings. The second kappa shape index (κ2) is 5.94. The zero-order valence-electron chi connectivity index (χ0n) is 10.4. The van der Waals surface area contributed by atoms with Crippen LogP contribution in [0.4, 0.5) is 5.69 Å². The van der Waals surface area contributed by atoms with E-state index < -0.39 is 17.5 Å². The minimum absolute atomic E-state index is 0.0535. The minimum atomic E-state index is -0.691. The predicted molar refractivity (Wildman–Crippen MR) is 70.4 cm³/mol. The molecule has 0 spiro atoms. The summed E-state index contributed by atoms with van der Waals surface area (Å²) in [6, 6.07) is 12.2. The number of nitrogens with zero attached hydrogens (tertiary/aromatic N) is 1. The van der Waals surface area contributed by atoms with Crippen LogP contribution in [-0.2, 0) is 6.61 Å². The van der Waals surface area contributed by atoms with Gasteiger partial charge in [0.2, 0.25) is 0 Å². The van der Waals surface area contributed by atoms with Gasteiger partial charge in [0, 0.05) is 6.07 Å². The van der Waals surface area contributed by atoms with Gasteiger partial charge >= 0.3 is 5.97 Å². The Bertz CT molecular complexity index is 639. The molecule has 1 N–H and O–H groups in total. The molecule has 20 heavy (non-hydrogen) atoms. The first-order chi connectivity index (χ1) is 9.61. The van der Waals surface area contributed by atoms with Gasteiger partial charge in [-0.2, -0.15) is 0 Å². The standard InChI is InChI=1S/C14H11NO5/c16-9-11-7-6-10(8-13(11)15(18)19)14(17)20-12-4-2-1-3-5-12/h1-8,16H,9H2. The lowest BCUT2D eigenvalue weighted by Crippen LogP contribution is -2.09. The van der Waals surface area contributed by atoms with Gasteiger partial charge in [-0.15, -0.1) is 0 Å². The number of ether oxygens (including phenoxy) is 1. The van der Waals surface area contributed by atoms with Gasteiger partial charge in [0.25, 0.3) is 5.69 Å². The largest absolute Gasteiger partial charge is 0.423 e. The molecule has 2 aromatic rings. The van der Waals surface area contributed by atoms with Gasteiger partial charge in [0.1, 0.15) is 5.75 Å². The third-order valence-electron chi connectivity index (χ3n) is 2.64. The quantitative estimate of drug-likeness (QED) is 0.399. The third-order valence-corrected chi connectivity index (χ3v) is 2.64. The molecule has 0 fully saturated rings. The van der Waals surface area contributed by atoms with E-state index in [1.807, 2.05) is 0 Å². The molecule has 0 radical (unpaired) electrons. The summed E-state index contributed by atoms with van der Waals surface area (Å²) in [6.07, 6.45) is 0. The van der Waals surface area contributed by atoms with E-state index in [0.29, 0.717) is 5.75 Å². The summed E-state index contributed by atoms with van der Waals surface area (Å²) in [6.45, 7) is -0.468. The molecular formula is C14H11NO5. The first-order valence-corrected chi connectivity index (χ1v) is 5.77. The fourth-order valence-corrected chi connectivity index (χ4v) is 1.65. The minimum Gasteiger partial charge on any atom is -0.423 e. The van der Waals surface area contributed by atoms with Crippen molar-refractivity contribution in [1.29, 1.82) is 0 Å². The zero-order valence-corrected chi connectivity index (χ0v) is 10.4. The fourth-order valence-electron chi connectivity index (χ4n) is 1.65. The number of rotatable bonds is 4. The molecule has 6 nitrogen and oxygen atoms in total. The van der Waals surface area contributed by atoms with Crippen molar-refractivity contribution in [3.63, 3.8) is 0 Å². The van der Waals surface area contributed by atoms with E-state index in [1.54, 1.807) is 30.3 Å². The summed E-state index contributed by atoms with van der Waals surface area (Å²) in [4.78, 5) is 22.1. The van der Waals surface area contributed by atoms with E-state index in [-0.39, 0.29) is 16.8 Å². The zero-order chi connectivity index (χ0) is 14.5. The lowest BCUT2D eigenvalue weighted by Gasteiger charge is -2.05. The number of hydrogen-bond acceptors (Lipinski definition) is 5. The second-order valence-corrected chi connectivity index (χ2v) is 3.96. The molecule has 2 rings (SSSR count). The highest BCUT2D eigenvalue weighted by molar-refractivity contribution is 5.91. The number of nitro groups is 1. The van der Waals surface area contributed by atoms with Crippen LogP contribution in [0.2, 0.25) is 0 Å². The van der Waals surface area contributed by atoms with Gasteiger partial charge in [0.05, 0.1) is 22.7 Å². The van der Waals surface area contributed by atoms with Gasteiger partial charge < -0.3 is 9.84 Å². The first-order valence-electron chi connectivity index (χ1n) is 5.77. The Morgan fingerprint density at radius 2 is 1.90 bits per heavy atom. The van der Waals surface area contributed by atoms with Crippen molar-refractivity contribution in [3.8, 4) is 5.75 Å². The third kappa shape index (κ3) is 2.99. The van der Waals surface area contributed by atoms with Crippen molar-refractivity contribution in [2.24, 2.45) is 0 Å². The molecule has 2 aromatic carbocycles. The van der Waals surface area contributed by atoms with Crippen LogP contribution in [0.15, 0.2) is 48.5 Å². The molecule has 0 unspecified atom stereocenters. The summed E-state index contributed by atoms with van der Waals surface area (Å²) in [5.74, 6) is -0.338. The van der Waals surface area contributed by atoms with Gasteiger partial charge in [0.15, 0.2) is 0 Å². The molecule has 0 bridgehead atoms. The van der Waals surface area contributed by atoms with Crippen molar-refractivity contribution < 1.29 is 19.6 Å². The Morgan fingerprint density at radius 3 is 2.50 bits per heavy atom. The molecule has 0 atom stereocenters. The number of carbonyl (C=O) groups is 1. The molecule has 102 valence electrons. The number of esters is 1. The summed E-state index contributed by atoms with van der Waals surface area (Å²) >= 11 is 0. The van der Waals surface area contributed by atoms with E-state index in [2.05, 4.69) is 0 Å². The van der Waals surface area contributed by atoms with Gasteiger partial charge in [-0.05, 0) is 24.3 Å². The number of para-hydroxylation sites is 1. The average Bonchev–Trinajstić information content (AvgIpc) is 2.47. The number of nitro benzene ring substituents is 1. The highest BCUT2D eigenvalue weighted by Crippen LogP contribution is 2.21. The van der Waals surface area contributed by atoms with Crippen molar-refractivity contribution in [3.05, 3.63) is 69.8 Å². The Balaban J connectivity index is 2.27. The lowest BCUT2D eigenvalue weighted by molar-refractivity contribution is -0.385. The topological polar surface area (TPSA) is 89.7 Å². The Morgan fingerprint density at radius 1 is 1.20 bits per heavy atom. The molecule has 0 aliphatic carbocycles. The number of aliphatic hydroxyl groups excluding tert-OH is 1. The molecule has 0 aromatic heterocycles. The normalized spacial score (nSPS) is 10.1. The SMILES string of the molecule is O=C(Oc1ccccc1)c1ccc(CO)c([N+](=O)[O-])c1. The summed E-state index contributed by atoms with van der Waals surface area (Å²) in [5, 5.41) is 19.9. The summed E-state index contributed by atoms with van der Waals surface area (Å²) < 4.78 is 5.08. The Labute approximate surface area is 114 Å². The molecule has 0 saturated heterocycles. The summed E-state index contributed by atoms with van der Waals surface area (Å²) in [7, 11) is 0. The highest BCUT2D eigenvalue weighted by atomic mass is 16.6. The lowest BCUT2D eigenvalue weighted by atomic mass is 10.1. The van der Waals surface area contributed by atoms with E-state index in [1.165, 1.54) is 12.1 Å². The molecule has 0 heterocycles. The van der Waals surface area contributed by atoms with E-state index in [4.69, 9.17) is 9.84 Å². The van der Waals surface area contributed by atoms with Crippen LogP contribution in [0, 0.1) is 10.1 Å². The fraction of sp³-hybridized carbons (Fsp3) is 0.0714. The second-order valence-electron chi connectivity index (χ2n) is 3.96. The summed E-state index contributed by atoms with van der Waals surface area (Å²) in [5.41, 5.74) is -0.112. The molecule has 0 saturated carbocycles. The van der Waals surface area contributed by atoms with Crippen LogP contribution in [-0.4, -0.2) is 16.0 Å². The predicted octanol–water partition coefficient (Wildman–Crippen LogP) is 2.31. The van der Waals surface area contributed by atoms with Crippen LogP contribution in [0.5, 0.6) is 5.75 Å². The maximum atomic E-state index is 11.9. The Kier molecular flexibility index (Phi) is 4.07. The van der Waals surface area contributed by atoms with Crippen molar-refractivity contribution in [1.82, 2.24) is 0 Å². The average molecular weight is 273 g/mol. The van der Waals surface area contributed by atoms with Crippen molar-refractivity contribution in [2.75, 3.05) is 0 Å². The van der Waals surface area contributed by atoms with Crippen molar-refractivity contribution in [2.45, 2.75) is 6.61 Å². The number of benzene rings is 2. The van der Waals surface area contributed by atoms with Crippen LogP contribution in [0.25, 0.3) is 0 Å². The van der Waals surface area contributed by atoms with Gasteiger partial charge in [-0.1, -0.05) is 18.2 Å². The monoisotopic (exact) mass is 273 g/mol. The van der Waals surface area contributed by atoms with Crippen LogP contribution < -0.4 is 4.74 Å². The van der Waals surface area contributed by atoms with Crippen LogP contribution >= 0.6 is 0 Å². The molecule has 0 amide bonds. The molecular weight excluding hydrogens is 262 g/mol. The van der Waals surface area contributed by atoms with E-state index >= 15 is 0 Å². The van der Waals surface area contributed by atoms with Crippen molar-refractivity contribution >= 4 is 11.7 Å². The maximum Gasteiger partial charge on any atom is 0.343 e.